The van der Waals surface area contributed by atoms with Crippen molar-refractivity contribution in [2.75, 3.05) is 5.33 Å². The Morgan fingerprint density at radius 1 is 1.50 bits per heavy atom. The number of rotatable bonds is 5. The summed E-state index contributed by atoms with van der Waals surface area (Å²) in [6.07, 6.45) is 0.725. The van der Waals surface area contributed by atoms with Gasteiger partial charge < -0.3 is 4.52 Å². The maximum atomic E-state index is 12.0. The first-order chi connectivity index (χ1) is 7.38. The number of alkyl halides is 1. The highest BCUT2D eigenvalue weighted by atomic mass is 79.9. The maximum absolute atomic E-state index is 12.0. The van der Waals surface area contributed by atoms with Crippen LogP contribution in [0.3, 0.4) is 0 Å². The number of aryl methyl sites for hydroxylation is 2. The van der Waals surface area contributed by atoms with Crippen molar-refractivity contribution in [3.8, 4) is 0 Å². The summed E-state index contributed by atoms with van der Waals surface area (Å²) in [4.78, 5) is 0.147. The Bertz CT molecular complexity index is 436. The van der Waals surface area contributed by atoms with Crippen LogP contribution in [0.15, 0.2) is 9.42 Å². The maximum Gasteiger partial charge on any atom is 0.246 e. The minimum Gasteiger partial charge on any atom is -0.360 e. The quantitative estimate of drug-likeness (QED) is 0.841. The number of nitrogens with one attached hydrogen (secondary N) is 1. The SMILES string of the molecule is Cc1noc(C)c1S(=O)(=O)NC(C)CCBr. The Hall–Kier alpha value is -0.400. The summed E-state index contributed by atoms with van der Waals surface area (Å²) in [5.74, 6) is 0.316. The average Bonchev–Trinajstić information content (AvgIpc) is 2.45. The van der Waals surface area contributed by atoms with E-state index >= 15 is 0 Å². The molecule has 0 radical (unpaired) electrons. The molecule has 0 saturated carbocycles. The second-order valence-electron chi connectivity index (χ2n) is 3.65. The molecule has 1 unspecified atom stereocenters. The van der Waals surface area contributed by atoms with Crippen LogP contribution >= 0.6 is 15.9 Å². The Balaban J connectivity index is 2.95. The second kappa shape index (κ2) is 5.29. The van der Waals surface area contributed by atoms with E-state index in [9.17, 15) is 8.42 Å². The van der Waals surface area contributed by atoms with Crippen LogP contribution in [0.4, 0.5) is 0 Å². The van der Waals surface area contributed by atoms with Crippen LogP contribution in [-0.2, 0) is 10.0 Å². The third-order valence-electron chi connectivity index (χ3n) is 2.14. The highest BCUT2D eigenvalue weighted by molar-refractivity contribution is 9.09. The van der Waals surface area contributed by atoms with E-state index in [-0.39, 0.29) is 10.9 Å². The van der Waals surface area contributed by atoms with Crippen LogP contribution in [-0.4, -0.2) is 24.9 Å². The molecule has 0 bridgehead atoms. The van der Waals surface area contributed by atoms with Crippen LogP contribution in [0.2, 0.25) is 0 Å². The van der Waals surface area contributed by atoms with Gasteiger partial charge in [0.05, 0.1) is 0 Å². The van der Waals surface area contributed by atoms with Crippen molar-refractivity contribution in [1.29, 1.82) is 0 Å². The topological polar surface area (TPSA) is 72.2 Å². The van der Waals surface area contributed by atoms with Crippen LogP contribution in [0.1, 0.15) is 24.8 Å². The molecule has 16 heavy (non-hydrogen) atoms. The molecule has 1 rings (SSSR count). The van der Waals surface area contributed by atoms with Gasteiger partial charge in [-0.25, -0.2) is 13.1 Å². The van der Waals surface area contributed by atoms with Crippen molar-refractivity contribution in [2.24, 2.45) is 0 Å². The van der Waals surface area contributed by atoms with Crippen molar-refractivity contribution in [2.45, 2.75) is 38.1 Å². The Morgan fingerprint density at radius 2 is 2.12 bits per heavy atom. The Kier molecular flexibility index (Phi) is 4.52. The highest BCUT2D eigenvalue weighted by Gasteiger charge is 2.25. The van der Waals surface area contributed by atoms with Crippen molar-refractivity contribution in [3.05, 3.63) is 11.5 Å². The van der Waals surface area contributed by atoms with Crippen molar-refractivity contribution in [3.63, 3.8) is 0 Å². The van der Waals surface area contributed by atoms with Gasteiger partial charge in [-0.2, -0.15) is 0 Å². The van der Waals surface area contributed by atoms with E-state index in [1.54, 1.807) is 13.8 Å². The Labute approximate surface area is 104 Å². The normalized spacial score (nSPS) is 14.0. The molecule has 92 valence electrons. The van der Waals surface area contributed by atoms with Gasteiger partial charge in [0.2, 0.25) is 10.0 Å². The van der Waals surface area contributed by atoms with E-state index in [1.165, 1.54) is 0 Å². The fourth-order valence-corrected chi connectivity index (χ4v) is 3.70. The molecule has 0 aliphatic rings. The fraction of sp³-hybridized carbons (Fsp3) is 0.667. The summed E-state index contributed by atoms with van der Waals surface area (Å²) in [7, 11) is -3.53. The van der Waals surface area contributed by atoms with Crippen molar-refractivity contribution < 1.29 is 12.9 Å². The predicted octanol–water partition coefficient (Wildman–Crippen LogP) is 1.74. The van der Waals surface area contributed by atoms with E-state index in [4.69, 9.17) is 4.52 Å². The van der Waals surface area contributed by atoms with E-state index in [0.717, 1.165) is 11.8 Å². The predicted molar refractivity (Wildman–Crippen MR) is 64.2 cm³/mol. The van der Waals surface area contributed by atoms with Gasteiger partial charge in [-0.3, -0.25) is 0 Å². The van der Waals surface area contributed by atoms with E-state index < -0.39 is 10.0 Å². The summed E-state index contributed by atoms with van der Waals surface area (Å²) in [6, 6.07) is -0.127. The molecule has 0 amide bonds. The minimum absolute atomic E-state index is 0.127. The molecule has 1 aromatic rings. The largest absolute Gasteiger partial charge is 0.360 e. The lowest BCUT2D eigenvalue weighted by molar-refractivity contribution is 0.390. The third kappa shape index (κ3) is 3.05. The monoisotopic (exact) mass is 310 g/mol. The zero-order chi connectivity index (χ0) is 12.3. The first kappa shape index (κ1) is 13.7. The van der Waals surface area contributed by atoms with E-state index in [0.29, 0.717) is 11.5 Å². The molecule has 5 nitrogen and oxygen atoms in total. The standard InChI is InChI=1S/C9H15BrN2O3S/c1-6(4-5-10)12-16(13,14)9-7(2)11-15-8(9)3/h6,12H,4-5H2,1-3H3. The zero-order valence-corrected chi connectivity index (χ0v) is 11.9. The van der Waals surface area contributed by atoms with Gasteiger partial charge in [0.1, 0.15) is 10.6 Å². The molecule has 7 heteroatoms. The molecule has 1 heterocycles. The van der Waals surface area contributed by atoms with E-state index in [1.807, 2.05) is 6.92 Å². The lowest BCUT2D eigenvalue weighted by atomic mass is 10.3. The molecule has 1 N–H and O–H groups in total. The summed E-state index contributed by atoms with van der Waals surface area (Å²) in [5, 5.41) is 4.38. The smallest absolute Gasteiger partial charge is 0.246 e. The van der Waals surface area contributed by atoms with Gasteiger partial charge in [-0.1, -0.05) is 21.1 Å². The molecular formula is C9H15BrN2O3S. The molecule has 1 aromatic heterocycles. The molecule has 0 aliphatic carbocycles. The third-order valence-corrected chi connectivity index (χ3v) is 4.43. The fourth-order valence-electron chi connectivity index (χ4n) is 1.40. The second-order valence-corrected chi connectivity index (χ2v) is 6.10. The van der Waals surface area contributed by atoms with Crippen molar-refractivity contribution >= 4 is 26.0 Å². The highest BCUT2D eigenvalue weighted by Crippen LogP contribution is 2.19. The number of hydrogen-bond acceptors (Lipinski definition) is 4. The van der Waals surface area contributed by atoms with Crippen LogP contribution in [0, 0.1) is 13.8 Å². The lowest BCUT2D eigenvalue weighted by Gasteiger charge is -2.12. The average molecular weight is 311 g/mol. The number of aromatic nitrogens is 1. The molecule has 0 aliphatic heterocycles. The first-order valence-corrected chi connectivity index (χ1v) is 7.50. The van der Waals surface area contributed by atoms with Crippen LogP contribution in [0.5, 0.6) is 0 Å². The molecule has 0 aromatic carbocycles. The van der Waals surface area contributed by atoms with Crippen molar-refractivity contribution in [1.82, 2.24) is 9.88 Å². The first-order valence-electron chi connectivity index (χ1n) is 4.89. The summed E-state index contributed by atoms with van der Waals surface area (Å²) in [6.45, 7) is 5.01. The Morgan fingerprint density at radius 3 is 2.56 bits per heavy atom. The zero-order valence-electron chi connectivity index (χ0n) is 9.45. The molecule has 1 atom stereocenters. The molecular weight excluding hydrogens is 296 g/mol. The summed E-state index contributed by atoms with van der Waals surface area (Å²) < 4.78 is 31.4. The molecule has 0 saturated heterocycles. The molecule has 0 spiro atoms. The number of halogens is 1. The number of hydrogen-bond donors (Lipinski definition) is 1. The number of sulfonamides is 1. The summed E-state index contributed by atoms with van der Waals surface area (Å²) >= 11 is 3.27. The van der Waals surface area contributed by atoms with Gasteiger partial charge in [0.15, 0.2) is 5.76 Å². The van der Waals surface area contributed by atoms with Gasteiger partial charge in [0.25, 0.3) is 0 Å². The van der Waals surface area contributed by atoms with Crippen LogP contribution in [0.25, 0.3) is 0 Å². The lowest BCUT2D eigenvalue weighted by Crippen LogP contribution is -2.33. The van der Waals surface area contributed by atoms with Gasteiger partial charge in [0, 0.05) is 11.4 Å². The summed E-state index contributed by atoms with van der Waals surface area (Å²) in [5.41, 5.74) is 0.385. The number of nitrogens with zero attached hydrogens (tertiary/aromatic N) is 1. The van der Waals surface area contributed by atoms with Gasteiger partial charge >= 0.3 is 0 Å². The van der Waals surface area contributed by atoms with Gasteiger partial charge in [-0.15, -0.1) is 0 Å². The minimum atomic E-state index is -3.53. The molecule has 0 fully saturated rings. The van der Waals surface area contributed by atoms with E-state index in [2.05, 4.69) is 25.8 Å². The van der Waals surface area contributed by atoms with Crippen LogP contribution < -0.4 is 4.72 Å². The van der Waals surface area contributed by atoms with Gasteiger partial charge in [-0.05, 0) is 27.2 Å².